The summed E-state index contributed by atoms with van der Waals surface area (Å²) in [7, 11) is 1.63. The fourth-order valence-corrected chi connectivity index (χ4v) is 2.34. The number of nitrogens with zero attached hydrogens (tertiary/aromatic N) is 2. The van der Waals surface area contributed by atoms with Crippen LogP contribution in [-0.4, -0.2) is 43.9 Å². The summed E-state index contributed by atoms with van der Waals surface area (Å²) >= 11 is 1.64. The number of aromatic nitrogens is 1. The van der Waals surface area contributed by atoms with Gasteiger partial charge in [0.1, 0.15) is 11.6 Å². The third-order valence-corrected chi connectivity index (χ3v) is 3.75. The Morgan fingerprint density at radius 3 is 2.70 bits per heavy atom. The fourth-order valence-electron chi connectivity index (χ4n) is 1.54. The summed E-state index contributed by atoms with van der Waals surface area (Å²) in [5.41, 5.74) is 0. The van der Waals surface area contributed by atoms with Crippen molar-refractivity contribution < 1.29 is 17.9 Å². The predicted octanol–water partition coefficient (Wildman–Crippen LogP) is 2.96. The Morgan fingerprint density at radius 2 is 2.13 bits per heavy atom. The van der Waals surface area contributed by atoms with E-state index in [2.05, 4.69) is 32.3 Å². The Balaban J connectivity index is 0.00000484. The molecule has 1 heterocycles. The second-order valence-electron chi connectivity index (χ2n) is 4.45. The molecular formula is C13H22F3IN4OS. The van der Waals surface area contributed by atoms with Crippen LogP contribution in [0.15, 0.2) is 11.2 Å². The molecule has 0 radical (unpaired) electrons. The normalized spacial score (nSPS) is 12.0. The largest absolute Gasteiger partial charge is 0.411 e. The monoisotopic (exact) mass is 466 g/mol. The average molecular weight is 466 g/mol. The fraction of sp³-hybridized carbons (Fsp3) is 0.692. The van der Waals surface area contributed by atoms with Gasteiger partial charge in [-0.2, -0.15) is 13.2 Å². The first kappa shape index (κ1) is 22.4. The summed E-state index contributed by atoms with van der Waals surface area (Å²) < 4.78 is 40.1. The molecular weight excluding hydrogens is 444 g/mol. The van der Waals surface area contributed by atoms with Crippen LogP contribution < -0.4 is 10.6 Å². The molecule has 0 bridgehead atoms. The van der Waals surface area contributed by atoms with Gasteiger partial charge in [-0.25, -0.2) is 4.98 Å². The summed E-state index contributed by atoms with van der Waals surface area (Å²) in [6.07, 6.45) is -0.984. The molecule has 1 rings (SSSR count). The van der Waals surface area contributed by atoms with E-state index >= 15 is 0 Å². The lowest BCUT2D eigenvalue weighted by molar-refractivity contribution is -0.173. The number of guanidine groups is 1. The summed E-state index contributed by atoms with van der Waals surface area (Å²) in [6.45, 7) is 1.97. The Bertz CT molecular complexity index is 468. The molecule has 0 fully saturated rings. The maximum absolute atomic E-state index is 11.9. The molecule has 0 aliphatic carbocycles. The standard InChI is InChI=1S/C13H21F3N4OS.HI/c1-3-10-7-19-11(22-10)8-20-12(17-2)18-5-4-6-21-9-13(14,15)16;/h7H,3-6,8-9H2,1-2H3,(H2,17,18,20);1H. The molecule has 0 saturated heterocycles. The van der Waals surface area contributed by atoms with Crippen LogP contribution in [0.1, 0.15) is 23.2 Å². The van der Waals surface area contributed by atoms with E-state index in [0.717, 1.165) is 11.4 Å². The Hall–Kier alpha value is -0.620. The highest BCUT2D eigenvalue weighted by molar-refractivity contribution is 14.0. The van der Waals surface area contributed by atoms with Gasteiger partial charge in [-0.3, -0.25) is 4.99 Å². The van der Waals surface area contributed by atoms with Crippen molar-refractivity contribution in [1.29, 1.82) is 0 Å². The highest BCUT2D eigenvalue weighted by atomic mass is 127. The average Bonchev–Trinajstić information content (AvgIpc) is 2.92. The summed E-state index contributed by atoms with van der Waals surface area (Å²) in [5.74, 6) is 0.587. The lowest BCUT2D eigenvalue weighted by atomic mass is 10.4. The van der Waals surface area contributed by atoms with Gasteiger partial charge in [-0.15, -0.1) is 35.3 Å². The van der Waals surface area contributed by atoms with E-state index in [1.54, 1.807) is 18.4 Å². The quantitative estimate of drug-likeness (QED) is 0.268. The smallest absolute Gasteiger partial charge is 0.372 e. The van der Waals surface area contributed by atoms with Gasteiger partial charge in [0.15, 0.2) is 5.96 Å². The highest BCUT2D eigenvalue weighted by Crippen LogP contribution is 2.14. The zero-order valence-corrected chi connectivity index (χ0v) is 16.2. The van der Waals surface area contributed by atoms with E-state index in [1.807, 2.05) is 6.20 Å². The minimum atomic E-state index is -4.27. The number of aliphatic imine (C=N–C) groups is 1. The third-order valence-electron chi connectivity index (χ3n) is 2.60. The van der Waals surface area contributed by atoms with Crippen LogP contribution >= 0.6 is 35.3 Å². The molecule has 5 nitrogen and oxygen atoms in total. The van der Waals surface area contributed by atoms with Crippen LogP contribution in [0.2, 0.25) is 0 Å². The lowest BCUT2D eigenvalue weighted by Gasteiger charge is -2.11. The first-order valence-corrected chi connectivity index (χ1v) is 7.79. The second kappa shape index (κ2) is 11.8. The highest BCUT2D eigenvalue weighted by Gasteiger charge is 2.27. The number of alkyl halides is 3. The first-order valence-electron chi connectivity index (χ1n) is 6.97. The van der Waals surface area contributed by atoms with Crippen molar-refractivity contribution in [1.82, 2.24) is 15.6 Å². The zero-order chi connectivity index (χ0) is 16.4. The van der Waals surface area contributed by atoms with Crippen molar-refractivity contribution in [2.24, 2.45) is 4.99 Å². The van der Waals surface area contributed by atoms with Gasteiger partial charge >= 0.3 is 6.18 Å². The van der Waals surface area contributed by atoms with Gasteiger partial charge < -0.3 is 15.4 Å². The molecule has 134 valence electrons. The predicted molar refractivity (Wildman–Crippen MR) is 96.6 cm³/mol. The Morgan fingerprint density at radius 1 is 1.39 bits per heavy atom. The summed E-state index contributed by atoms with van der Waals surface area (Å²) in [6, 6.07) is 0. The van der Waals surface area contributed by atoms with Gasteiger partial charge in [0.25, 0.3) is 0 Å². The maximum atomic E-state index is 11.9. The number of rotatable bonds is 8. The topological polar surface area (TPSA) is 58.5 Å². The van der Waals surface area contributed by atoms with Crippen LogP contribution in [-0.2, 0) is 17.7 Å². The number of hydrogen-bond donors (Lipinski definition) is 2. The van der Waals surface area contributed by atoms with Crippen LogP contribution in [0, 0.1) is 0 Å². The number of hydrogen-bond acceptors (Lipinski definition) is 4. The van der Waals surface area contributed by atoms with E-state index < -0.39 is 12.8 Å². The molecule has 2 N–H and O–H groups in total. The van der Waals surface area contributed by atoms with Gasteiger partial charge in [0.2, 0.25) is 0 Å². The minimum Gasteiger partial charge on any atom is -0.372 e. The number of thiazole rings is 1. The van der Waals surface area contributed by atoms with Crippen LogP contribution in [0.25, 0.3) is 0 Å². The molecule has 0 unspecified atom stereocenters. The molecule has 1 aromatic heterocycles. The van der Waals surface area contributed by atoms with E-state index in [4.69, 9.17) is 0 Å². The third kappa shape index (κ3) is 10.7. The molecule has 0 aliphatic rings. The second-order valence-corrected chi connectivity index (χ2v) is 5.65. The summed E-state index contributed by atoms with van der Waals surface area (Å²) in [4.78, 5) is 9.55. The van der Waals surface area contributed by atoms with Crippen molar-refractivity contribution in [3.63, 3.8) is 0 Å². The maximum Gasteiger partial charge on any atom is 0.411 e. The minimum absolute atomic E-state index is 0. The molecule has 0 atom stereocenters. The van der Waals surface area contributed by atoms with Gasteiger partial charge in [-0.05, 0) is 12.8 Å². The van der Waals surface area contributed by atoms with Crippen molar-refractivity contribution in [3.05, 3.63) is 16.1 Å². The van der Waals surface area contributed by atoms with Crippen LogP contribution in [0.4, 0.5) is 13.2 Å². The van der Waals surface area contributed by atoms with E-state index in [-0.39, 0.29) is 30.6 Å². The van der Waals surface area contributed by atoms with Crippen LogP contribution in [0.3, 0.4) is 0 Å². The number of ether oxygens (including phenoxy) is 1. The van der Waals surface area contributed by atoms with Crippen molar-refractivity contribution in [2.75, 3.05) is 26.8 Å². The van der Waals surface area contributed by atoms with E-state index in [1.165, 1.54) is 4.88 Å². The molecule has 1 aromatic rings. The molecule has 0 aromatic carbocycles. The molecule has 0 spiro atoms. The van der Waals surface area contributed by atoms with Gasteiger partial charge in [0.05, 0.1) is 6.54 Å². The molecule has 0 aliphatic heterocycles. The lowest BCUT2D eigenvalue weighted by Crippen LogP contribution is -2.37. The van der Waals surface area contributed by atoms with Crippen molar-refractivity contribution >= 4 is 41.3 Å². The molecule has 10 heteroatoms. The Labute approximate surface area is 155 Å². The van der Waals surface area contributed by atoms with Gasteiger partial charge in [-0.1, -0.05) is 6.92 Å². The number of nitrogens with one attached hydrogen (secondary N) is 2. The van der Waals surface area contributed by atoms with E-state index in [9.17, 15) is 13.2 Å². The van der Waals surface area contributed by atoms with Crippen molar-refractivity contribution in [2.45, 2.75) is 32.5 Å². The molecule has 0 amide bonds. The molecule has 23 heavy (non-hydrogen) atoms. The number of halogens is 4. The SMILES string of the molecule is CCc1cnc(CNC(=NC)NCCCOCC(F)(F)F)s1.I. The molecule has 0 saturated carbocycles. The zero-order valence-electron chi connectivity index (χ0n) is 13.1. The first-order chi connectivity index (χ1) is 10.4. The van der Waals surface area contributed by atoms with Crippen molar-refractivity contribution in [3.8, 4) is 0 Å². The van der Waals surface area contributed by atoms with Gasteiger partial charge in [0, 0.05) is 31.3 Å². The number of aryl methyl sites for hydroxylation is 1. The summed E-state index contributed by atoms with van der Waals surface area (Å²) in [5, 5.41) is 7.08. The van der Waals surface area contributed by atoms with E-state index in [0.29, 0.717) is 25.5 Å². The van der Waals surface area contributed by atoms with Crippen LogP contribution in [0.5, 0.6) is 0 Å². The Kier molecular flexibility index (Phi) is 11.5.